The van der Waals surface area contributed by atoms with Gasteiger partial charge in [-0.3, -0.25) is 9.59 Å². The van der Waals surface area contributed by atoms with Crippen molar-refractivity contribution in [2.24, 2.45) is 0 Å². The van der Waals surface area contributed by atoms with Crippen molar-refractivity contribution in [1.82, 2.24) is 10.2 Å². The van der Waals surface area contributed by atoms with Crippen LogP contribution < -0.4 is 5.32 Å². The Kier molecular flexibility index (Phi) is 5.16. The van der Waals surface area contributed by atoms with Crippen molar-refractivity contribution in [1.29, 1.82) is 0 Å². The molecule has 1 saturated heterocycles. The Morgan fingerprint density at radius 2 is 2.10 bits per heavy atom. The molecule has 0 aromatic heterocycles. The molecule has 0 spiro atoms. The number of amides is 2. The number of phenolic OH excluding ortho intramolecular Hbond substituents is 1. The van der Waals surface area contributed by atoms with Gasteiger partial charge in [0.25, 0.3) is 5.91 Å². The Morgan fingerprint density at radius 3 is 2.76 bits per heavy atom. The number of morpholine rings is 1. The van der Waals surface area contributed by atoms with E-state index in [1.165, 1.54) is 17.0 Å². The van der Waals surface area contributed by atoms with Crippen molar-refractivity contribution in [3.05, 3.63) is 29.8 Å². The van der Waals surface area contributed by atoms with E-state index in [0.29, 0.717) is 25.3 Å². The summed E-state index contributed by atoms with van der Waals surface area (Å²) >= 11 is 0. The number of carbonyl (C=O) groups is 2. The van der Waals surface area contributed by atoms with Crippen LogP contribution in [0.25, 0.3) is 0 Å². The fourth-order valence-electron chi connectivity index (χ4n) is 2.20. The van der Waals surface area contributed by atoms with Crippen LogP contribution in [0.2, 0.25) is 0 Å². The summed E-state index contributed by atoms with van der Waals surface area (Å²) in [5.74, 6) is -0.315. The van der Waals surface area contributed by atoms with Crippen molar-refractivity contribution in [2.45, 2.75) is 19.4 Å². The Labute approximate surface area is 123 Å². The number of carbonyl (C=O) groups excluding carboxylic acids is 2. The molecule has 1 aromatic rings. The summed E-state index contributed by atoms with van der Waals surface area (Å²) in [6, 6.07) is 5.41. The van der Waals surface area contributed by atoms with Gasteiger partial charge in [0.2, 0.25) is 5.91 Å². The van der Waals surface area contributed by atoms with E-state index in [9.17, 15) is 14.7 Å². The summed E-state index contributed by atoms with van der Waals surface area (Å²) in [5.41, 5.74) is 0.447. The molecule has 0 bridgehead atoms. The zero-order valence-corrected chi connectivity index (χ0v) is 12.0. The van der Waals surface area contributed by atoms with Crippen molar-refractivity contribution < 1.29 is 19.4 Å². The first-order valence-electron chi connectivity index (χ1n) is 7.09. The minimum Gasteiger partial charge on any atom is -0.508 e. The zero-order chi connectivity index (χ0) is 15.2. The molecule has 114 valence electrons. The lowest BCUT2D eigenvalue weighted by Gasteiger charge is -2.34. The molecule has 1 atom stereocenters. The molecule has 1 fully saturated rings. The molecule has 2 rings (SSSR count). The van der Waals surface area contributed by atoms with E-state index in [4.69, 9.17) is 4.74 Å². The highest BCUT2D eigenvalue weighted by Gasteiger charge is 2.33. The summed E-state index contributed by atoms with van der Waals surface area (Å²) in [6.07, 6.45) is 0.839. The number of nitrogens with zero attached hydrogens (tertiary/aromatic N) is 1. The van der Waals surface area contributed by atoms with Gasteiger partial charge < -0.3 is 20.1 Å². The zero-order valence-electron chi connectivity index (χ0n) is 12.0. The third-order valence-electron chi connectivity index (χ3n) is 3.36. The molecule has 0 saturated carbocycles. The van der Waals surface area contributed by atoms with Gasteiger partial charge in [0.15, 0.2) is 0 Å². The van der Waals surface area contributed by atoms with Crippen LogP contribution in [0.1, 0.15) is 23.7 Å². The van der Waals surface area contributed by atoms with Crippen LogP contribution in [0.5, 0.6) is 5.75 Å². The lowest BCUT2D eigenvalue weighted by Crippen LogP contribution is -2.56. The summed E-state index contributed by atoms with van der Waals surface area (Å²) in [6.45, 7) is 3.55. The minimum absolute atomic E-state index is 0.103. The minimum atomic E-state index is -0.605. The molecule has 0 aliphatic carbocycles. The van der Waals surface area contributed by atoms with Gasteiger partial charge in [0.1, 0.15) is 11.8 Å². The number of rotatable bonds is 4. The Morgan fingerprint density at radius 1 is 1.38 bits per heavy atom. The lowest BCUT2D eigenvalue weighted by atomic mass is 10.1. The first-order chi connectivity index (χ1) is 10.1. The number of hydrogen-bond donors (Lipinski definition) is 2. The van der Waals surface area contributed by atoms with Crippen LogP contribution in [0.3, 0.4) is 0 Å². The Hall–Kier alpha value is -2.08. The molecule has 0 radical (unpaired) electrons. The van der Waals surface area contributed by atoms with Gasteiger partial charge in [-0.2, -0.15) is 0 Å². The van der Waals surface area contributed by atoms with Crippen LogP contribution in [0.15, 0.2) is 24.3 Å². The van der Waals surface area contributed by atoms with Crippen LogP contribution in [0, 0.1) is 0 Å². The first-order valence-corrected chi connectivity index (χ1v) is 7.09. The standard InChI is InChI=1S/C15H20N2O4/c1-2-7-16-14(19)13-10-21-9-8-17(13)15(20)11-3-5-12(18)6-4-11/h3-6,13,18H,2,7-10H2,1H3,(H,16,19). The highest BCUT2D eigenvalue weighted by atomic mass is 16.5. The second-order valence-electron chi connectivity index (χ2n) is 4.93. The molecule has 1 aliphatic rings. The van der Waals surface area contributed by atoms with Crippen LogP contribution in [-0.4, -0.2) is 54.2 Å². The average Bonchev–Trinajstić information content (AvgIpc) is 2.52. The molecular formula is C15H20N2O4. The SMILES string of the molecule is CCCNC(=O)C1COCCN1C(=O)c1ccc(O)cc1. The van der Waals surface area contributed by atoms with Gasteiger partial charge in [0.05, 0.1) is 13.2 Å². The van der Waals surface area contributed by atoms with Gasteiger partial charge >= 0.3 is 0 Å². The molecule has 6 nitrogen and oxygen atoms in total. The molecular weight excluding hydrogens is 272 g/mol. The lowest BCUT2D eigenvalue weighted by molar-refractivity contribution is -0.130. The third kappa shape index (κ3) is 3.72. The molecule has 1 heterocycles. The monoisotopic (exact) mass is 292 g/mol. The quantitative estimate of drug-likeness (QED) is 0.858. The van der Waals surface area contributed by atoms with E-state index < -0.39 is 6.04 Å². The van der Waals surface area contributed by atoms with Gasteiger partial charge in [-0.05, 0) is 30.7 Å². The van der Waals surface area contributed by atoms with Crippen molar-refractivity contribution in [2.75, 3.05) is 26.3 Å². The van der Waals surface area contributed by atoms with Gasteiger partial charge in [-0.15, -0.1) is 0 Å². The van der Waals surface area contributed by atoms with Crippen LogP contribution in [0.4, 0.5) is 0 Å². The van der Waals surface area contributed by atoms with Crippen LogP contribution >= 0.6 is 0 Å². The molecule has 1 unspecified atom stereocenters. The molecule has 2 N–H and O–H groups in total. The maximum atomic E-state index is 12.5. The number of aromatic hydroxyl groups is 1. The fraction of sp³-hybridized carbons (Fsp3) is 0.467. The highest BCUT2D eigenvalue weighted by Crippen LogP contribution is 2.15. The average molecular weight is 292 g/mol. The van der Waals surface area contributed by atoms with Gasteiger partial charge in [-0.1, -0.05) is 6.92 Å². The van der Waals surface area contributed by atoms with Gasteiger partial charge in [-0.25, -0.2) is 0 Å². The smallest absolute Gasteiger partial charge is 0.254 e. The summed E-state index contributed by atoms with van der Waals surface area (Å²) < 4.78 is 5.32. The molecule has 6 heteroatoms. The largest absolute Gasteiger partial charge is 0.508 e. The topological polar surface area (TPSA) is 78.9 Å². The number of ether oxygens (including phenoxy) is 1. The third-order valence-corrected chi connectivity index (χ3v) is 3.36. The van der Waals surface area contributed by atoms with E-state index in [0.717, 1.165) is 6.42 Å². The normalized spacial score (nSPS) is 18.3. The Bertz CT molecular complexity index is 501. The maximum absolute atomic E-state index is 12.5. The Balaban J connectivity index is 2.12. The summed E-state index contributed by atoms with van der Waals surface area (Å²) in [4.78, 5) is 26.2. The first kappa shape index (κ1) is 15.3. The van der Waals surface area contributed by atoms with E-state index in [-0.39, 0.29) is 24.2 Å². The number of nitrogens with one attached hydrogen (secondary N) is 1. The van der Waals surface area contributed by atoms with E-state index >= 15 is 0 Å². The predicted octanol–water partition coefficient (Wildman–Crippen LogP) is 0.759. The number of benzene rings is 1. The van der Waals surface area contributed by atoms with Gasteiger partial charge in [0, 0.05) is 18.7 Å². The molecule has 21 heavy (non-hydrogen) atoms. The number of hydrogen-bond acceptors (Lipinski definition) is 4. The second kappa shape index (κ2) is 7.08. The molecule has 1 aliphatic heterocycles. The van der Waals surface area contributed by atoms with Crippen molar-refractivity contribution >= 4 is 11.8 Å². The van der Waals surface area contributed by atoms with E-state index in [1.807, 2.05) is 6.92 Å². The molecule has 1 aromatic carbocycles. The van der Waals surface area contributed by atoms with Crippen molar-refractivity contribution in [3.8, 4) is 5.75 Å². The van der Waals surface area contributed by atoms with Crippen LogP contribution in [-0.2, 0) is 9.53 Å². The van der Waals surface area contributed by atoms with Crippen molar-refractivity contribution in [3.63, 3.8) is 0 Å². The fourth-order valence-corrected chi connectivity index (χ4v) is 2.20. The predicted molar refractivity (Wildman–Crippen MR) is 77.1 cm³/mol. The van der Waals surface area contributed by atoms with E-state index in [2.05, 4.69) is 5.32 Å². The number of phenols is 1. The summed E-state index contributed by atoms with van der Waals surface area (Å²) in [7, 11) is 0. The second-order valence-corrected chi connectivity index (χ2v) is 4.93. The summed E-state index contributed by atoms with van der Waals surface area (Å²) in [5, 5.41) is 12.1. The maximum Gasteiger partial charge on any atom is 0.254 e. The molecule has 2 amide bonds. The van der Waals surface area contributed by atoms with E-state index in [1.54, 1.807) is 12.1 Å². The highest BCUT2D eigenvalue weighted by molar-refractivity contribution is 5.97.